The third-order valence-corrected chi connectivity index (χ3v) is 2.92. The first-order valence-corrected chi connectivity index (χ1v) is 5.33. The summed E-state index contributed by atoms with van der Waals surface area (Å²) < 4.78 is 41.6. The minimum Gasteiger partial charge on any atom is -0.378 e. The van der Waals surface area contributed by atoms with Crippen molar-refractivity contribution in [2.45, 2.75) is 12.2 Å². The van der Waals surface area contributed by atoms with E-state index in [2.05, 4.69) is 0 Å². The van der Waals surface area contributed by atoms with Gasteiger partial charge in [-0.3, -0.25) is 9.59 Å². The molecule has 1 aliphatic heterocycles. The Balaban J connectivity index is 2.78. The fourth-order valence-electron chi connectivity index (χ4n) is 1.68. The van der Waals surface area contributed by atoms with Gasteiger partial charge in [0.1, 0.15) is 0 Å². The van der Waals surface area contributed by atoms with Crippen LogP contribution in [0.5, 0.6) is 0 Å². The van der Waals surface area contributed by atoms with Crippen LogP contribution in [-0.2, 0) is 14.3 Å². The van der Waals surface area contributed by atoms with E-state index < -0.39 is 29.8 Å². The van der Waals surface area contributed by atoms with E-state index >= 15 is 0 Å². The maximum Gasteiger partial charge on any atom is 0.471 e. The summed E-state index contributed by atoms with van der Waals surface area (Å²) in [5.41, 5.74) is 0. The van der Waals surface area contributed by atoms with Crippen molar-refractivity contribution in [1.82, 2.24) is 4.90 Å². The molecule has 1 amide bonds. The molecule has 1 aliphatic rings. The number of rotatable bonds is 3. The van der Waals surface area contributed by atoms with Crippen LogP contribution in [0.3, 0.4) is 0 Å². The number of likely N-dealkylation sites (N-methyl/N-ethyl adjacent to an activating group) is 1. The van der Waals surface area contributed by atoms with E-state index in [1.807, 2.05) is 0 Å². The molecule has 0 aliphatic carbocycles. The van der Waals surface area contributed by atoms with E-state index in [0.717, 1.165) is 7.05 Å². The van der Waals surface area contributed by atoms with Crippen LogP contribution in [0.15, 0.2) is 0 Å². The topological polar surface area (TPSA) is 46.6 Å². The molecular formula is C9H11ClF3NO3. The predicted octanol–water partition coefficient (Wildman–Crippen LogP) is 0.830. The molecule has 0 radical (unpaired) electrons. The van der Waals surface area contributed by atoms with E-state index in [0.29, 0.717) is 4.90 Å². The Bertz CT molecular complexity index is 321. The predicted molar refractivity (Wildman–Crippen MR) is 52.6 cm³/mol. The molecule has 1 heterocycles. The number of carbonyl (C=O) groups excluding carboxylic acids is 2. The number of carbonyl (C=O) groups is 2. The third kappa shape index (κ3) is 3.10. The molecule has 1 saturated heterocycles. The third-order valence-electron chi connectivity index (χ3n) is 2.66. The monoisotopic (exact) mass is 273 g/mol. The molecule has 0 saturated carbocycles. The van der Waals surface area contributed by atoms with E-state index in [9.17, 15) is 22.8 Å². The molecule has 98 valence electrons. The Hall–Kier alpha value is -0.820. The molecule has 8 heteroatoms. The average molecular weight is 274 g/mol. The number of hydrogen-bond acceptors (Lipinski definition) is 3. The molecule has 1 rings (SSSR count). The zero-order valence-corrected chi connectivity index (χ0v) is 9.72. The van der Waals surface area contributed by atoms with Crippen molar-refractivity contribution in [1.29, 1.82) is 0 Å². The van der Waals surface area contributed by atoms with Gasteiger partial charge in [-0.05, 0) is 0 Å². The lowest BCUT2D eigenvalue weighted by molar-refractivity contribution is -0.186. The van der Waals surface area contributed by atoms with Gasteiger partial charge >= 0.3 is 12.1 Å². The Labute approximate surface area is 101 Å². The van der Waals surface area contributed by atoms with Gasteiger partial charge in [-0.15, -0.1) is 11.6 Å². The van der Waals surface area contributed by atoms with Crippen LogP contribution < -0.4 is 0 Å². The van der Waals surface area contributed by atoms with Gasteiger partial charge in [0, 0.05) is 7.05 Å². The van der Waals surface area contributed by atoms with Crippen molar-refractivity contribution in [2.24, 2.45) is 5.92 Å². The standard InChI is InChI=1S/C9H11ClF3NO3/c1-14(8(16)9(11,12)13)6-4-17-3-5(6)7(15)2-10/h5-6H,2-4H2,1H3. The fourth-order valence-corrected chi connectivity index (χ4v) is 1.88. The summed E-state index contributed by atoms with van der Waals surface area (Å²) in [7, 11) is 1.00. The van der Waals surface area contributed by atoms with Gasteiger partial charge in [0.2, 0.25) is 0 Å². The van der Waals surface area contributed by atoms with Crippen molar-refractivity contribution in [3.8, 4) is 0 Å². The number of ketones is 1. The second kappa shape index (κ2) is 5.22. The largest absolute Gasteiger partial charge is 0.471 e. The first kappa shape index (κ1) is 14.2. The van der Waals surface area contributed by atoms with Crippen molar-refractivity contribution >= 4 is 23.3 Å². The van der Waals surface area contributed by atoms with Gasteiger partial charge in [0.15, 0.2) is 5.78 Å². The molecule has 4 nitrogen and oxygen atoms in total. The van der Waals surface area contributed by atoms with Crippen LogP contribution in [0.4, 0.5) is 13.2 Å². The van der Waals surface area contributed by atoms with E-state index in [4.69, 9.17) is 16.3 Å². The quantitative estimate of drug-likeness (QED) is 0.716. The van der Waals surface area contributed by atoms with Crippen LogP contribution in [-0.4, -0.2) is 54.9 Å². The maximum atomic E-state index is 12.2. The first-order valence-electron chi connectivity index (χ1n) is 4.79. The average Bonchev–Trinajstić information content (AvgIpc) is 2.73. The van der Waals surface area contributed by atoms with Gasteiger partial charge in [-0.1, -0.05) is 0 Å². The highest BCUT2D eigenvalue weighted by Crippen LogP contribution is 2.25. The van der Waals surface area contributed by atoms with Crippen LogP contribution in [0, 0.1) is 5.92 Å². The molecule has 17 heavy (non-hydrogen) atoms. The molecule has 0 aromatic carbocycles. The number of ether oxygens (including phenoxy) is 1. The van der Waals surface area contributed by atoms with Gasteiger partial charge in [-0.2, -0.15) is 13.2 Å². The van der Waals surface area contributed by atoms with E-state index in [1.165, 1.54) is 0 Å². The zero-order chi connectivity index (χ0) is 13.2. The summed E-state index contributed by atoms with van der Waals surface area (Å²) in [5.74, 6) is -3.50. The molecule has 0 bridgehead atoms. The minimum atomic E-state index is -4.95. The number of hydrogen-bond donors (Lipinski definition) is 0. The summed E-state index contributed by atoms with van der Waals surface area (Å²) in [6.07, 6.45) is -4.95. The van der Waals surface area contributed by atoms with Crippen LogP contribution in [0.2, 0.25) is 0 Å². The highest BCUT2D eigenvalue weighted by atomic mass is 35.5. The molecule has 2 atom stereocenters. The van der Waals surface area contributed by atoms with Crippen molar-refractivity contribution in [2.75, 3.05) is 26.1 Å². The number of halogens is 4. The van der Waals surface area contributed by atoms with Crippen LogP contribution in [0.25, 0.3) is 0 Å². The Morgan fingerprint density at radius 2 is 2.00 bits per heavy atom. The number of amides is 1. The smallest absolute Gasteiger partial charge is 0.378 e. The van der Waals surface area contributed by atoms with Crippen LogP contribution in [0.1, 0.15) is 0 Å². The summed E-state index contributed by atoms with van der Waals surface area (Å²) in [6.45, 7) is -0.0999. The fraction of sp³-hybridized carbons (Fsp3) is 0.778. The lowest BCUT2D eigenvalue weighted by atomic mass is 9.98. The van der Waals surface area contributed by atoms with Crippen molar-refractivity contribution < 1.29 is 27.5 Å². The zero-order valence-electron chi connectivity index (χ0n) is 8.96. The first-order chi connectivity index (χ1) is 7.79. The summed E-state index contributed by atoms with van der Waals surface area (Å²) >= 11 is 5.34. The van der Waals surface area contributed by atoms with Crippen LogP contribution >= 0.6 is 11.6 Å². The second-order valence-electron chi connectivity index (χ2n) is 3.73. The lowest BCUT2D eigenvalue weighted by Gasteiger charge is -2.27. The Morgan fingerprint density at radius 1 is 1.41 bits per heavy atom. The van der Waals surface area contributed by atoms with Gasteiger partial charge in [0.25, 0.3) is 0 Å². The summed E-state index contributed by atoms with van der Waals surface area (Å²) in [6, 6.07) is -0.907. The molecule has 2 unspecified atom stereocenters. The number of Topliss-reactive ketones (excluding diaryl/α,β-unsaturated/α-hetero) is 1. The lowest BCUT2D eigenvalue weighted by Crippen LogP contribution is -2.49. The Kier molecular flexibility index (Phi) is 4.37. The summed E-state index contributed by atoms with van der Waals surface area (Å²) in [5, 5.41) is 0. The number of nitrogens with zero attached hydrogens (tertiary/aromatic N) is 1. The van der Waals surface area contributed by atoms with Gasteiger partial charge in [0.05, 0.1) is 31.1 Å². The van der Waals surface area contributed by atoms with Crippen molar-refractivity contribution in [3.05, 3.63) is 0 Å². The minimum absolute atomic E-state index is 0.00824. The molecule has 0 N–H and O–H groups in total. The molecule has 1 fully saturated rings. The number of alkyl halides is 4. The highest BCUT2D eigenvalue weighted by molar-refractivity contribution is 6.28. The highest BCUT2D eigenvalue weighted by Gasteiger charge is 2.47. The molecular weight excluding hydrogens is 263 g/mol. The van der Waals surface area contributed by atoms with Crippen molar-refractivity contribution in [3.63, 3.8) is 0 Å². The Morgan fingerprint density at radius 3 is 2.47 bits per heavy atom. The second-order valence-corrected chi connectivity index (χ2v) is 3.99. The maximum absolute atomic E-state index is 12.2. The molecule has 0 aromatic rings. The van der Waals surface area contributed by atoms with E-state index in [1.54, 1.807) is 0 Å². The summed E-state index contributed by atoms with van der Waals surface area (Å²) in [4.78, 5) is 22.9. The van der Waals surface area contributed by atoms with Gasteiger partial charge < -0.3 is 9.64 Å². The van der Waals surface area contributed by atoms with E-state index in [-0.39, 0.29) is 19.1 Å². The molecule has 0 spiro atoms. The van der Waals surface area contributed by atoms with Gasteiger partial charge in [-0.25, -0.2) is 0 Å². The molecule has 0 aromatic heterocycles. The SMILES string of the molecule is CN(C(=O)C(F)(F)F)C1COCC1C(=O)CCl. The normalized spacial score (nSPS) is 24.8.